The number of rotatable bonds is 6. The van der Waals surface area contributed by atoms with Gasteiger partial charge in [-0.15, -0.1) is 0 Å². The van der Waals surface area contributed by atoms with Gasteiger partial charge in [0.15, 0.2) is 0 Å². The van der Waals surface area contributed by atoms with Gasteiger partial charge < -0.3 is 15.4 Å². The van der Waals surface area contributed by atoms with Gasteiger partial charge in [0.1, 0.15) is 5.75 Å². The number of methoxy groups -OCH3 is 1. The maximum absolute atomic E-state index is 12.4. The number of benzene rings is 2. The lowest BCUT2D eigenvalue weighted by atomic mass is 9.89. The van der Waals surface area contributed by atoms with Crippen molar-refractivity contribution in [3.63, 3.8) is 0 Å². The van der Waals surface area contributed by atoms with E-state index in [9.17, 15) is 4.79 Å². The summed E-state index contributed by atoms with van der Waals surface area (Å²) >= 11 is 0. The molecule has 0 fully saturated rings. The van der Waals surface area contributed by atoms with Crippen molar-refractivity contribution < 1.29 is 9.53 Å². The van der Waals surface area contributed by atoms with Crippen LogP contribution in [0, 0.1) is 6.92 Å². The molecular formula is C22H28N2O2. The van der Waals surface area contributed by atoms with Gasteiger partial charge in [-0.3, -0.25) is 4.79 Å². The Morgan fingerprint density at radius 3 is 2.65 bits per heavy atom. The predicted octanol–water partition coefficient (Wildman–Crippen LogP) is 4.17. The summed E-state index contributed by atoms with van der Waals surface area (Å²) in [6.45, 7) is 4.27. The van der Waals surface area contributed by atoms with Crippen LogP contribution in [-0.2, 0) is 17.6 Å². The molecule has 1 atom stereocenters. The molecule has 26 heavy (non-hydrogen) atoms. The topological polar surface area (TPSA) is 50.4 Å². The van der Waals surface area contributed by atoms with Gasteiger partial charge in [0.2, 0.25) is 5.91 Å². The lowest BCUT2D eigenvalue weighted by Crippen LogP contribution is -2.32. The van der Waals surface area contributed by atoms with Gasteiger partial charge in [-0.25, -0.2) is 0 Å². The van der Waals surface area contributed by atoms with Crippen LogP contribution < -0.4 is 15.4 Å². The van der Waals surface area contributed by atoms with E-state index in [-0.39, 0.29) is 18.5 Å². The molecule has 0 bridgehead atoms. The number of ether oxygens (including phenoxy) is 1. The number of carbonyl (C=O) groups excluding carboxylic acids is 1. The van der Waals surface area contributed by atoms with Crippen LogP contribution in [0.1, 0.15) is 48.1 Å². The fraction of sp³-hybridized carbons (Fsp3) is 0.409. The molecule has 0 radical (unpaired) electrons. The molecule has 4 heteroatoms. The molecule has 1 amide bonds. The van der Waals surface area contributed by atoms with Gasteiger partial charge in [0.05, 0.1) is 25.4 Å². The highest BCUT2D eigenvalue weighted by molar-refractivity contribution is 5.81. The molecule has 0 saturated carbocycles. The third-order valence-corrected chi connectivity index (χ3v) is 5.04. The smallest absolute Gasteiger partial charge is 0.239 e. The van der Waals surface area contributed by atoms with E-state index in [1.54, 1.807) is 7.11 Å². The minimum absolute atomic E-state index is 0.00377. The second-order valence-electron chi connectivity index (χ2n) is 7.08. The van der Waals surface area contributed by atoms with Crippen molar-refractivity contribution >= 4 is 11.6 Å². The number of hydrogen-bond donors (Lipinski definition) is 2. The highest BCUT2D eigenvalue weighted by atomic mass is 16.5. The van der Waals surface area contributed by atoms with E-state index in [2.05, 4.69) is 28.8 Å². The van der Waals surface area contributed by atoms with Gasteiger partial charge in [0, 0.05) is 0 Å². The number of carbonyl (C=O) groups is 1. The number of hydrogen-bond acceptors (Lipinski definition) is 3. The van der Waals surface area contributed by atoms with E-state index in [4.69, 9.17) is 4.74 Å². The molecule has 0 aromatic heterocycles. The quantitative estimate of drug-likeness (QED) is 0.820. The van der Waals surface area contributed by atoms with Gasteiger partial charge in [-0.05, 0) is 73.9 Å². The second-order valence-corrected chi connectivity index (χ2v) is 7.08. The Morgan fingerprint density at radius 2 is 1.88 bits per heavy atom. The molecular weight excluding hydrogens is 324 g/mol. The monoisotopic (exact) mass is 352 g/mol. The number of amides is 1. The van der Waals surface area contributed by atoms with Crippen molar-refractivity contribution in [1.82, 2.24) is 5.32 Å². The van der Waals surface area contributed by atoms with Gasteiger partial charge >= 0.3 is 0 Å². The predicted molar refractivity (Wildman–Crippen MR) is 106 cm³/mol. The zero-order valence-electron chi connectivity index (χ0n) is 15.9. The number of aryl methyl sites for hydroxylation is 3. The minimum Gasteiger partial charge on any atom is -0.495 e. The third-order valence-electron chi connectivity index (χ3n) is 5.04. The first-order valence-electron chi connectivity index (χ1n) is 9.36. The van der Waals surface area contributed by atoms with Gasteiger partial charge in [0.25, 0.3) is 0 Å². The van der Waals surface area contributed by atoms with Crippen LogP contribution in [-0.4, -0.2) is 19.6 Å². The fourth-order valence-corrected chi connectivity index (χ4v) is 3.53. The molecule has 0 aliphatic heterocycles. The highest BCUT2D eigenvalue weighted by Gasteiger charge is 2.14. The molecule has 3 rings (SSSR count). The summed E-state index contributed by atoms with van der Waals surface area (Å²) in [5.41, 5.74) is 6.04. The number of fused-ring (bicyclic) bond motifs is 1. The summed E-state index contributed by atoms with van der Waals surface area (Å²) in [7, 11) is 1.63. The average molecular weight is 352 g/mol. The van der Waals surface area contributed by atoms with E-state index in [1.165, 1.54) is 36.0 Å². The summed E-state index contributed by atoms with van der Waals surface area (Å²) in [5, 5.41) is 6.26. The molecule has 1 unspecified atom stereocenters. The molecule has 4 nitrogen and oxygen atoms in total. The van der Waals surface area contributed by atoms with Crippen LogP contribution >= 0.6 is 0 Å². The van der Waals surface area contributed by atoms with Crippen molar-refractivity contribution in [2.24, 2.45) is 0 Å². The van der Waals surface area contributed by atoms with Crippen LogP contribution in [0.15, 0.2) is 36.4 Å². The minimum atomic E-state index is -0.0289. The average Bonchev–Trinajstić information content (AvgIpc) is 2.66. The van der Waals surface area contributed by atoms with Gasteiger partial charge in [-0.2, -0.15) is 0 Å². The molecule has 2 aromatic rings. The van der Waals surface area contributed by atoms with Crippen molar-refractivity contribution in [2.45, 2.75) is 45.6 Å². The van der Waals surface area contributed by atoms with E-state index < -0.39 is 0 Å². The maximum atomic E-state index is 12.4. The van der Waals surface area contributed by atoms with Crippen molar-refractivity contribution in [2.75, 3.05) is 19.0 Å². The largest absolute Gasteiger partial charge is 0.495 e. The van der Waals surface area contributed by atoms with Crippen molar-refractivity contribution in [1.29, 1.82) is 0 Å². The first-order valence-corrected chi connectivity index (χ1v) is 9.36. The number of nitrogens with one attached hydrogen (secondary N) is 2. The molecule has 2 aromatic carbocycles. The Hall–Kier alpha value is -2.49. The van der Waals surface area contributed by atoms with E-state index in [0.29, 0.717) is 0 Å². The van der Waals surface area contributed by atoms with E-state index in [0.717, 1.165) is 23.4 Å². The second kappa shape index (κ2) is 8.26. The summed E-state index contributed by atoms with van der Waals surface area (Å²) in [5.74, 6) is 0.713. The Labute approximate surface area is 156 Å². The Bertz CT molecular complexity index is 786. The lowest BCUT2D eigenvalue weighted by Gasteiger charge is -2.20. The standard InChI is InChI=1S/C22H28N2O2/c1-15-8-11-21(26-3)20(12-15)23-14-22(25)24-16(2)18-10-9-17-6-4-5-7-19(17)13-18/h8-13,16,23H,4-7,14H2,1-3H3,(H,24,25). The van der Waals surface area contributed by atoms with Gasteiger partial charge in [-0.1, -0.05) is 24.3 Å². The highest BCUT2D eigenvalue weighted by Crippen LogP contribution is 2.26. The molecule has 1 aliphatic carbocycles. The zero-order chi connectivity index (χ0) is 18.5. The Kier molecular flexibility index (Phi) is 5.82. The summed E-state index contributed by atoms with van der Waals surface area (Å²) in [6.07, 6.45) is 4.88. The van der Waals surface area contributed by atoms with E-state index in [1.807, 2.05) is 32.0 Å². The first-order chi connectivity index (χ1) is 12.6. The molecule has 1 aliphatic rings. The van der Waals surface area contributed by atoms with Crippen LogP contribution in [0.5, 0.6) is 5.75 Å². The zero-order valence-corrected chi connectivity index (χ0v) is 15.9. The van der Waals surface area contributed by atoms with Crippen LogP contribution in [0.2, 0.25) is 0 Å². The SMILES string of the molecule is COc1ccc(C)cc1NCC(=O)NC(C)c1ccc2c(c1)CCCC2. The Balaban J connectivity index is 1.59. The van der Waals surface area contributed by atoms with Crippen molar-refractivity contribution in [3.05, 3.63) is 58.7 Å². The fourth-order valence-electron chi connectivity index (χ4n) is 3.53. The maximum Gasteiger partial charge on any atom is 0.239 e. The Morgan fingerprint density at radius 1 is 1.12 bits per heavy atom. The summed E-state index contributed by atoms with van der Waals surface area (Å²) < 4.78 is 5.34. The third kappa shape index (κ3) is 4.37. The molecule has 138 valence electrons. The summed E-state index contributed by atoms with van der Waals surface area (Å²) in [4.78, 5) is 12.4. The normalized spacial score (nSPS) is 14.3. The lowest BCUT2D eigenvalue weighted by molar-refractivity contribution is -0.120. The van der Waals surface area contributed by atoms with Crippen LogP contribution in [0.25, 0.3) is 0 Å². The molecule has 0 heterocycles. The summed E-state index contributed by atoms with van der Waals surface area (Å²) in [6, 6.07) is 12.5. The van der Waals surface area contributed by atoms with Crippen LogP contribution in [0.4, 0.5) is 5.69 Å². The molecule has 0 saturated heterocycles. The molecule has 0 spiro atoms. The number of anilines is 1. The van der Waals surface area contributed by atoms with Crippen molar-refractivity contribution in [3.8, 4) is 5.75 Å². The van der Waals surface area contributed by atoms with E-state index >= 15 is 0 Å². The molecule has 2 N–H and O–H groups in total. The first kappa shape index (κ1) is 18.3. The van der Waals surface area contributed by atoms with Crippen LogP contribution in [0.3, 0.4) is 0 Å².